The number of aliphatic carboxylic acids is 1. The zero-order chi connectivity index (χ0) is 15.4. The van der Waals surface area contributed by atoms with E-state index in [1.54, 1.807) is 0 Å². The molecule has 0 saturated heterocycles. The molecule has 0 aliphatic carbocycles. The first-order chi connectivity index (χ1) is 10.0. The molecule has 1 heterocycles. The summed E-state index contributed by atoms with van der Waals surface area (Å²) in [5.41, 5.74) is 0.0520. The summed E-state index contributed by atoms with van der Waals surface area (Å²) in [7, 11) is 1.39. The van der Waals surface area contributed by atoms with Crippen molar-refractivity contribution in [2.24, 2.45) is 0 Å². The Balaban J connectivity index is 2.55. The van der Waals surface area contributed by atoms with E-state index in [9.17, 15) is 14.9 Å². The van der Waals surface area contributed by atoms with E-state index >= 15 is 0 Å². The molecule has 0 aliphatic heterocycles. The molecular formula is C11H9N5O5. The Hall–Kier alpha value is -3.30. The van der Waals surface area contributed by atoms with E-state index in [-0.39, 0.29) is 17.2 Å². The molecule has 10 heteroatoms. The number of hydrogen-bond acceptors (Lipinski definition) is 7. The summed E-state index contributed by atoms with van der Waals surface area (Å²) in [5.74, 6) is -0.773. The molecule has 2 aromatic rings. The number of tetrazole rings is 1. The molecule has 1 aromatic carbocycles. The van der Waals surface area contributed by atoms with Crippen molar-refractivity contribution >= 4 is 17.7 Å². The molecule has 0 radical (unpaired) electrons. The van der Waals surface area contributed by atoms with Gasteiger partial charge in [-0.2, -0.15) is 4.68 Å². The lowest BCUT2D eigenvalue weighted by molar-refractivity contribution is -0.384. The number of hydrogen-bond donors (Lipinski definition) is 1. The highest BCUT2D eigenvalue weighted by molar-refractivity contribution is 5.84. The molecule has 21 heavy (non-hydrogen) atoms. The number of carboxylic acids is 1. The van der Waals surface area contributed by atoms with Crippen LogP contribution in [0, 0.1) is 10.1 Å². The van der Waals surface area contributed by atoms with Gasteiger partial charge >= 0.3 is 5.97 Å². The lowest BCUT2D eigenvalue weighted by Gasteiger charge is -2.08. The summed E-state index contributed by atoms with van der Waals surface area (Å²) >= 11 is 0. The Morgan fingerprint density at radius 1 is 1.52 bits per heavy atom. The van der Waals surface area contributed by atoms with E-state index in [1.807, 2.05) is 0 Å². The predicted molar refractivity (Wildman–Crippen MR) is 69.0 cm³/mol. The minimum Gasteiger partial charge on any atom is -0.494 e. The number of benzene rings is 1. The number of nitro groups is 1. The number of ether oxygens (including phenoxy) is 1. The molecule has 0 aliphatic rings. The Kier molecular flexibility index (Phi) is 3.88. The van der Waals surface area contributed by atoms with Gasteiger partial charge in [-0.1, -0.05) is 0 Å². The van der Waals surface area contributed by atoms with Gasteiger partial charge < -0.3 is 9.84 Å². The highest BCUT2D eigenvalue weighted by atomic mass is 16.6. The van der Waals surface area contributed by atoms with E-state index in [4.69, 9.17) is 9.84 Å². The second-order valence-corrected chi connectivity index (χ2v) is 3.73. The van der Waals surface area contributed by atoms with Gasteiger partial charge in [-0.15, -0.1) is 5.10 Å². The second kappa shape index (κ2) is 5.77. The first kappa shape index (κ1) is 14.1. The standard InChI is InChI=1S/C11H9N5O5/c1-21-9-3-2-7(16(19)20)6-8(9)15-10(12-13-14-15)4-5-11(17)18/h2-6H,1H3,(H,17,18)/b5-4+. The summed E-state index contributed by atoms with van der Waals surface area (Å²) in [6.45, 7) is 0. The molecule has 0 atom stereocenters. The van der Waals surface area contributed by atoms with Crippen LogP contribution in [0.3, 0.4) is 0 Å². The van der Waals surface area contributed by atoms with Gasteiger partial charge in [0.25, 0.3) is 5.69 Å². The van der Waals surface area contributed by atoms with Crippen LogP contribution in [0.25, 0.3) is 11.8 Å². The predicted octanol–water partition coefficient (Wildman–Crippen LogP) is 0.677. The van der Waals surface area contributed by atoms with Gasteiger partial charge in [-0.25, -0.2) is 4.79 Å². The van der Waals surface area contributed by atoms with E-state index in [0.717, 1.165) is 10.8 Å². The highest BCUT2D eigenvalue weighted by Gasteiger charge is 2.16. The lowest BCUT2D eigenvalue weighted by Crippen LogP contribution is -2.04. The lowest BCUT2D eigenvalue weighted by atomic mass is 10.2. The number of rotatable bonds is 5. The van der Waals surface area contributed by atoms with Crippen LogP contribution in [-0.2, 0) is 4.79 Å². The van der Waals surface area contributed by atoms with Crippen molar-refractivity contribution in [1.29, 1.82) is 0 Å². The van der Waals surface area contributed by atoms with Gasteiger partial charge in [-0.3, -0.25) is 10.1 Å². The smallest absolute Gasteiger partial charge is 0.328 e. The maximum atomic E-state index is 10.8. The zero-order valence-corrected chi connectivity index (χ0v) is 10.7. The first-order valence-corrected chi connectivity index (χ1v) is 5.55. The van der Waals surface area contributed by atoms with Crippen LogP contribution in [0.2, 0.25) is 0 Å². The van der Waals surface area contributed by atoms with Crippen LogP contribution in [0.1, 0.15) is 5.82 Å². The Labute approximate surface area is 117 Å². The SMILES string of the molecule is COc1ccc([N+](=O)[O-])cc1-n1nnnc1/C=C/C(=O)O. The van der Waals surface area contributed by atoms with Crippen LogP contribution in [0.5, 0.6) is 5.75 Å². The molecule has 10 nitrogen and oxygen atoms in total. The number of nitrogens with zero attached hydrogens (tertiary/aromatic N) is 5. The van der Waals surface area contributed by atoms with Gasteiger partial charge in [0.1, 0.15) is 11.4 Å². The van der Waals surface area contributed by atoms with Crippen molar-refractivity contribution < 1.29 is 19.6 Å². The first-order valence-electron chi connectivity index (χ1n) is 5.55. The maximum Gasteiger partial charge on any atom is 0.328 e. The third kappa shape index (κ3) is 3.00. The maximum absolute atomic E-state index is 10.8. The normalized spacial score (nSPS) is 10.7. The van der Waals surface area contributed by atoms with Crippen molar-refractivity contribution in [1.82, 2.24) is 20.2 Å². The monoisotopic (exact) mass is 291 g/mol. The van der Waals surface area contributed by atoms with E-state index in [1.165, 1.54) is 31.4 Å². The molecule has 108 valence electrons. The van der Waals surface area contributed by atoms with Crippen molar-refractivity contribution in [3.05, 3.63) is 40.2 Å². The summed E-state index contributed by atoms with van der Waals surface area (Å²) in [5, 5.41) is 30.2. The minimum atomic E-state index is -1.17. The molecule has 0 amide bonds. The highest BCUT2D eigenvalue weighted by Crippen LogP contribution is 2.27. The second-order valence-electron chi connectivity index (χ2n) is 3.73. The van der Waals surface area contributed by atoms with Crippen LogP contribution < -0.4 is 4.74 Å². The van der Waals surface area contributed by atoms with Gasteiger partial charge in [-0.05, 0) is 22.6 Å². The van der Waals surface area contributed by atoms with Gasteiger partial charge in [0.05, 0.1) is 12.0 Å². The van der Waals surface area contributed by atoms with E-state index in [0.29, 0.717) is 5.75 Å². The summed E-state index contributed by atoms with van der Waals surface area (Å²) < 4.78 is 6.25. The van der Waals surface area contributed by atoms with E-state index < -0.39 is 10.9 Å². The number of carbonyl (C=O) groups is 1. The fraction of sp³-hybridized carbons (Fsp3) is 0.0909. The molecule has 1 aromatic heterocycles. The van der Waals surface area contributed by atoms with Crippen molar-refractivity contribution in [3.8, 4) is 11.4 Å². The molecule has 1 N–H and O–H groups in total. The molecule has 0 fully saturated rings. The van der Waals surface area contributed by atoms with Crippen LogP contribution in [-0.4, -0.2) is 43.3 Å². The molecule has 0 bridgehead atoms. The van der Waals surface area contributed by atoms with Crippen molar-refractivity contribution in [2.75, 3.05) is 7.11 Å². The van der Waals surface area contributed by atoms with Crippen LogP contribution in [0.4, 0.5) is 5.69 Å². The molecule has 0 spiro atoms. The topological polar surface area (TPSA) is 133 Å². The average Bonchev–Trinajstić information content (AvgIpc) is 2.92. The largest absolute Gasteiger partial charge is 0.494 e. The van der Waals surface area contributed by atoms with Crippen molar-refractivity contribution in [3.63, 3.8) is 0 Å². The minimum absolute atomic E-state index is 0.0937. The zero-order valence-electron chi connectivity index (χ0n) is 10.7. The number of carboxylic acid groups (broad SMARTS) is 1. The number of methoxy groups -OCH3 is 1. The van der Waals surface area contributed by atoms with Gasteiger partial charge in [0.2, 0.25) is 0 Å². The van der Waals surface area contributed by atoms with Gasteiger partial charge in [0.15, 0.2) is 5.82 Å². The summed E-state index contributed by atoms with van der Waals surface area (Å²) in [6, 6.07) is 3.91. The van der Waals surface area contributed by atoms with Crippen molar-refractivity contribution in [2.45, 2.75) is 0 Å². The Morgan fingerprint density at radius 2 is 2.29 bits per heavy atom. The quantitative estimate of drug-likeness (QED) is 0.482. The fourth-order valence-electron chi connectivity index (χ4n) is 1.57. The summed E-state index contributed by atoms with van der Waals surface area (Å²) in [4.78, 5) is 20.8. The van der Waals surface area contributed by atoms with Crippen LogP contribution >= 0.6 is 0 Å². The number of non-ortho nitro benzene ring substituents is 1. The molecule has 2 rings (SSSR count). The fourth-order valence-corrected chi connectivity index (χ4v) is 1.57. The molecule has 0 unspecified atom stereocenters. The third-order valence-electron chi connectivity index (χ3n) is 2.47. The Bertz CT molecular complexity index is 724. The molecule has 0 saturated carbocycles. The summed E-state index contributed by atoms with van der Waals surface area (Å²) in [6.07, 6.45) is 2.02. The third-order valence-corrected chi connectivity index (χ3v) is 2.47. The average molecular weight is 291 g/mol. The number of aromatic nitrogens is 4. The van der Waals surface area contributed by atoms with Crippen LogP contribution in [0.15, 0.2) is 24.3 Å². The van der Waals surface area contributed by atoms with Gasteiger partial charge in [0, 0.05) is 18.2 Å². The van der Waals surface area contributed by atoms with E-state index in [2.05, 4.69) is 15.5 Å². The molecular weight excluding hydrogens is 282 g/mol. The Morgan fingerprint density at radius 3 is 2.90 bits per heavy atom. The number of nitro benzene ring substituents is 1.